The highest BCUT2D eigenvalue weighted by molar-refractivity contribution is 5.99. The summed E-state index contributed by atoms with van der Waals surface area (Å²) in [5.74, 6) is 0.881. The Bertz CT molecular complexity index is 1740. The van der Waals surface area contributed by atoms with Crippen LogP contribution in [0.5, 0.6) is 23.0 Å². The lowest BCUT2D eigenvalue weighted by Gasteiger charge is -2.46. The summed E-state index contributed by atoms with van der Waals surface area (Å²) in [5, 5.41) is 21.6. The molecule has 10 nitrogen and oxygen atoms in total. The van der Waals surface area contributed by atoms with Gasteiger partial charge in [-0.2, -0.15) is 0 Å². The van der Waals surface area contributed by atoms with Gasteiger partial charge in [-0.3, -0.25) is 4.79 Å². The Morgan fingerprint density at radius 3 is 2.36 bits per heavy atom. The first-order valence-corrected chi connectivity index (χ1v) is 14.2. The number of hydrogen-bond donors (Lipinski definition) is 2. The van der Waals surface area contributed by atoms with Crippen LogP contribution in [0.1, 0.15) is 36.7 Å². The van der Waals surface area contributed by atoms with Crippen molar-refractivity contribution in [2.45, 2.75) is 51.3 Å². The first-order valence-electron chi connectivity index (χ1n) is 14.2. The maximum atomic E-state index is 13.4. The van der Waals surface area contributed by atoms with Crippen LogP contribution in [-0.4, -0.2) is 61.4 Å². The molecule has 0 radical (unpaired) electrons. The van der Waals surface area contributed by atoms with Gasteiger partial charge in [0.15, 0.2) is 17.1 Å². The molecule has 1 unspecified atom stereocenters. The fourth-order valence-electron chi connectivity index (χ4n) is 5.33. The van der Waals surface area contributed by atoms with Crippen LogP contribution in [-0.2, 0) is 11.2 Å². The Kier molecular flexibility index (Phi) is 8.69. The van der Waals surface area contributed by atoms with Gasteiger partial charge in [-0.05, 0) is 67.9 Å². The van der Waals surface area contributed by atoms with E-state index in [1.165, 1.54) is 7.11 Å². The van der Waals surface area contributed by atoms with E-state index in [-0.39, 0.29) is 40.8 Å². The van der Waals surface area contributed by atoms with E-state index in [4.69, 9.17) is 28.1 Å². The van der Waals surface area contributed by atoms with Crippen LogP contribution in [0.25, 0.3) is 22.1 Å². The average Bonchev–Trinajstić information content (AvgIpc) is 3.02. The first-order chi connectivity index (χ1) is 21.0. The number of carbonyl (C=O) groups is 1. The van der Waals surface area contributed by atoms with Crippen molar-refractivity contribution < 1.29 is 43.1 Å². The lowest BCUT2D eigenvalue weighted by Crippen LogP contribution is -2.59. The molecule has 44 heavy (non-hydrogen) atoms. The van der Waals surface area contributed by atoms with Gasteiger partial charge in [0.1, 0.15) is 17.6 Å². The minimum Gasteiger partial charge on any atom is -0.497 e. The second-order valence-electron chi connectivity index (χ2n) is 11.3. The van der Waals surface area contributed by atoms with Gasteiger partial charge in [-0.1, -0.05) is 19.1 Å². The van der Waals surface area contributed by atoms with E-state index in [0.29, 0.717) is 28.0 Å². The normalized spacial score (nSPS) is 21.1. The van der Waals surface area contributed by atoms with Crippen LogP contribution in [0.2, 0.25) is 0 Å². The van der Waals surface area contributed by atoms with Gasteiger partial charge in [0, 0.05) is 34.4 Å². The summed E-state index contributed by atoms with van der Waals surface area (Å²) in [7, 11) is 4.53. The van der Waals surface area contributed by atoms with E-state index >= 15 is 0 Å². The predicted octanol–water partition coefficient (Wildman–Crippen LogP) is 4.78. The van der Waals surface area contributed by atoms with Crippen LogP contribution in [0.15, 0.2) is 69.9 Å². The maximum Gasteiger partial charge on any atom is 0.340 e. The lowest BCUT2D eigenvalue weighted by atomic mass is 9.82. The molecule has 2 heterocycles. The van der Waals surface area contributed by atoms with Gasteiger partial charge < -0.3 is 38.3 Å². The number of aliphatic hydroxyl groups excluding tert-OH is 2. The minimum atomic E-state index is -1.32. The Hall–Kier alpha value is -4.38. The number of fused-ring (bicyclic) bond motifs is 1. The van der Waals surface area contributed by atoms with Crippen molar-refractivity contribution in [1.82, 2.24) is 0 Å². The van der Waals surface area contributed by atoms with Crippen LogP contribution in [0, 0.1) is 5.92 Å². The molecule has 10 heteroatoms. The second kappa shape index (κ2) is 12.3. The third-order valence-corrected chi connectivity index (χ3v) is 8.25. The van der Waals surface area contributed by atoms with E-state index in [1.807, 2.05) is 24.3 Å². The highest BCUT2D eigenvalue weighted by atomic mass is 16.7. The molecule has 0 saturated carbocycles. The van der Waals surface area contributed by atoms with Crippen LogP contribution in [0.3, 0.4) is 0 Å². The van der Waals surface area contributed by atoms with E-state index in [2.05, 4.69) is 0 Å². The van der Waals surface area contributed by atoms with Gasteiger partial charge in [-0.15, -0.1) is 0 Å². The molecule has 2 N–H and O–H groups in total. The van der Waals surface area contributed by atoms with Crippen LogP contribution < -0.4 is 24.6 Å². The van der Waals surface area contributed by atoms with Crippen molar-refractivity contribution in [1.29, 1.82) is 0 Å². The maximum absolute atomic E-state index is 13.4. The SMILES string of the molecule is COc1cccc(-c2cc(C(=O)Cc3cc4ccc(O[C@@H]5OC(C)(C)[C@H](C)[C@H](O)C5O)c(OC)c4oc3=O)ccc2OC)c1. The topological polar surface area (TPSA) is 134 Å². The second-order valence-corrected chi connectivity index (χ2v) is 11.3. The van der Waals surface area contributed by atoms with Crippen molar-refractivity contribution in [3.8, 4) is 34.1 Å². The molecule has 1 fully saturated rings. The lowest BCUT2D eigenvalue weighted by molar-refractivity contribution is -0.285. The zero-order valence-corrected chi connectivity index (χ0v) is 25.5. The number of ether oxygens (including phenoxy) is 5. The number of rotatable bonds is 9. The summed E-state index contributed by atoms with van der Waals surface area (Å²) >= 11 is 0. The smallest absolute Gasteiger partial charge is 0.340 e. The molecular formula is C34H36O10. The summed E-state index contributed by atoms with van der Waals surface area (Å²) in [6.45, 7) is 5.38. The Balaban J connectivity index is 1.43. The molecule has 1 aliphatic rings. The van der Waals surface area contributed by atoms with Crippen LogP contribution in [0.4, 0.5) is 0 Å². The Labute approximate surface area is 254 Å². The van der Waals surface area contributed by atoms with Gasteiger partial charge >= 0.3 is 5.63 Å². The molecule has 3 aromatic carbocycles. The molecular weight excluding hydrogens is 568 g/mol. The zero-order valence-electron chi connectivity index (χ0n) is 25.5. The third-order valence-electron chi connectivity index (χ3n) is 8.25. The van der Waals surface area contributed by atoms with Crippen molar-refractivity contribution in [2.24, 2.45) is 5.92 Å². The highest BCUT2D eigenvalue weighted by Gasteiger charge is 2.48. The molecule has 0 amide bonds. The largest absolute Gasteiger partial charge is 0.497 e. The Morgan fingerprint density at radius 1 is 0.909 bits per heavy atom. The number of benzene rings is 3. The van der Waals surface area contributed by atoms with Crippen molar-refractivity contribution >= 4 is 16.8 Å². The molecule has 4 aromatic rings. The number of methoxy groups -OCH3 is 3. The monoisotopic (exact) mass is 604 g/mol. The first kappa shape index (κ1) is 31.1. The minimum absolute atomic E-state index is 0.106. The fraction of sp³-hybridized carbons (Fsp3) is 0.353. The zero-order chi connectivity index (χ0) is 31.8. The molecule has 1 saturated heterocycles. The molecule has 1 aliphatic heterocycles. The molecule has 232 valence electrons. The molecule has 4 atom stereocenters. The molecule has 5 rings (SSSR count). The number of Topliss-reactive ketones (excluding diaryl/α,β-unsaturated/α-hetero) is 1. The number of carbonyl (C=O) groups excluding carboxylic acids is 1. The molecule has 0 spiro atoms. The molecule has 0 aliphatic carbocycles. The average molecular weight is 605 g/mol. The number of hydrogen-bond acceptors (Lipinski definition) is 10. The van der Waals surface area contributed by atoms with Gasteiger partial charge in [0.2, 0.25) is 12.0 Å². The summed E-state index contributed by atoms with van der Waals surface area (Å²) in [5.41, 5.74) is 0.704. The number of ketones is 1. The highest BCUT2D eigenvalue weighted by Crippen LogP contribution is 2.40. The summed E-state index contributed by atoms with van der Waals surface area (Å²) in [4.78, 5) is 26.5. The third kappa shape index (κ3) is 5.88. The van der Waals surface area contributed by atoms with Crippen molar-refractivity contribution in [3.63, 3.8) is 0 Å². The summed E-state index contributed by atoms with van der Waals surface area (Å²) in [6.07, 6.45) is -3.79. The van der Waals surface area contributed by atoms with Gasteiger partial charge in [-0.25, -0.2) is 4.79 Å². The Morgan fingerprint density at radius 2 is 1.66 bits per heavy atom. The van der Waals surface area contributed by atoms with E-state index in [0.717, 1.165) is 5.56 Å². The molecule has 0 bridgehead atoms. The quantitative estimate of drug-likeness (QED) is 0.203. The van der Waals surface area contributed by atoms with Crippen LogP contribution >= 0.6 is 0 Å². The van der Waals surface area contributed by atoms with E-state index < -0.39 is 29.7 Å². The van der Waals surface area contributed by atoms with E-state index in [9.17, 15) is 19.8 Å². The molecule has 1 aromatic heterocycles. The fourth-order valence-corrected chi connectivity index (χ4v) is 5.33. The standard InChI is InChI=1S/C34H36O10/c1-18-28(36)29(37)33(44-34(18,2)3)42-27-13-11-21-14-22(32(38)43-30(21)31(27)41-6)17-25(35)20-10-12-26(40-5)24(16-20)19-8-7-9-23(15-19)39-4/h7-16,18,28-29,33,36-37H,17H2,1-6H3/t18-,28+,29?,33-/m1/s1. The predicted molar refractivity (Wildman–Crippen MR) is 163 cm³/mol. The van der Waals surface area contributed by atoms with E-state index in [1.54, 1.807) is 71.4 Å². The van der Waals surface area contributed by atoms with Gasteiger partial charge in [0.25, 0.3) is 0 Å². The summed E-state index contributed by atoms with van der Waals surface area (Å²) in [6, 6.07) is 17.3. The number of aliphatic hydroxyl groups is 2. The van der Waals surface area contributed by atoms with Crippen molar-refractivity contribution in [3.05, 3.63) is 82.2 Å². The van der Waals surface area contributed by atoms with Gasteiger partial charge in [0.05, 0.1) is 33.0 Å². The summed E-state index contributed by atoms with van der Waals surface area (Å²) < 4.78 is 33.9. The van der Waals surface area contributed by atoms with Crippen molar-refractivity contribution in [2.75, 3.05) is 21.3 Å².